The third-order valence-corrected chi connectivity index (χ3v) is 3.65. The van der Waals surface area contributed by atoms with Crippen molar-refractivity contribution in [2.75, 3.05) is 13.7 Å². The van der Waals surface area contributed by atoms with Crippen molar-refractivity contribution in [3.63, 3.8) is 0 Å². The minimum absolute atomic E-state index is 0.0575. The number of carbonyl (C=O) groups excluding carboxylic acids is 1. The number of methoxy groups -OCH3 is 1. The Morgan fingerprint density at radius 1 is 1.33 bits per heavy atom. The predicted octanol–water partition coefficient (Wildman–Crippen LogP) is 2.38. The van der Waals surface area contributed by atoms with Crippen LogP contribution >= 0.6 is 0 Å². The monoisotopic (exact) mass is 330 g/mol. The van der Waals surface area contributed by atoms with Crippen LogP contribution < -0.4 is 10.1 Å². The van der Waals surface area contributed by atoms with Gasteiger partial charge in [0.05, 0.1) is 18.1 Å². The number of nitrogens with zero attached hydrogens (tertiary/aromatic N) is 1. The second-order valence-corrected chi connectivity index (χ2v) is 5.22. The highest BCUT2D eigenvalue weighted by Gasteiger charge is 2.22. The van der Waals surface area contributed by atoms with Crippen LogP contribution in [-0.2, 0) is 0 Å². The van der Waals surface area contributed by atoms with Gasteiger partial charge in [0.1, 0.15) is 11.3 Å². The Bertz CT molecular complexity index is 760. The number of hydrogen-bond donors (Lipinski definition) is 2. The molecule has 126 valence electrons. The molecule has 7 heteroatoms. The first-order valence-corrected chi connectivity index (χ1v) is 7.28. The molecule has 1 amide bonds. The molecule has 2 aromatic carbocycles. The van der Waals surface area contributed by atoms with Crippen molar-refractivity contribution in [3.8, 4) is 5.75 Å². The SMILES string of the molecule is COc1ccc([N+](=O)[O-])c(C(=O)NCC(O)c2ccccc2C)c1. The summed E-state index contributed by atoms with van der Waals surface area (Å²) >= 11 is 0. The van der Waals surface area contributed by atoms with Crippen LogP contribution in [0.2, 0.25) is 0 Å². The largest absolute Gasteiger partial charge is 0.497 e. The van der Waals surface area contributed by atoms with Gasteiger partial charge in [-0.05, 0) is 30.2 Å². The van der Waals surface area contributed by atoms with Gasteiger partial charge in [-0.25, -0.2) is 0 Å². The van der Waals surface area contributed by atoms with Gasteiger partial charge < -0.3 is 15.2 Å². The number of carbonyl (C=O) groups is 1. The number of aryl methyl sites for hydroxylation is 1. The standard InChI is InChI=1S/C17H18N2O5/c1-11-5-3-4-6-13(11)16(20)10-18-17(21)14-9-12(24-2)7-8-15(14)19(22)23/h3-9,16,20H,10H2,1-2H3,(H,18,21). The van der Waals surface area contributed by atoms with Crippen molar-refractivity contribution in [2.24, 2.45) is 0 Å². The number of aliphatic hydroxyl groups excluding tert-OH is 1. The highest BCUT2D eigenvalue weighted by atomic mass is 16.6. The lowest BCUT2D eigenvalue weighted by Crippen LogP contribution is -2.29. The Morgan fingerprint density at radius 3 is 2.67 bits per heavy atom. The summed E-state index contributed by atoms with van der Waals surface area (Å²) in [5, 5.41) is 23.8. The number of benzene rings is 2. The van der Waals surface area contributed by atoms with Gasteiger partial charge in [-0.2, -0.15) is 0 Å². The maximum Gasteiger partial charge on any atom is 0.282 e. The Balaban J connectivity index is 2.15. The predicted molar refractivity (Wildman–Crippen MR) is 88.1 cm³/mol. The first-order chi connectivity index (χ1) is 11.4. The summed E-state index contributed by atoms with van der Waals surface area (Å²) in [6.45, 7) is 1.80. The fourth-order valence-corrected chi connectivity index (χ4v) is 2.34. The zero-order valence-electron chi connectivity index (χ0n) is 13.4. The minimum Gasteiger partial charge on any atom is -0.497 e. The molecule has 0 fully saturated rings. The number of ether oxygens (including phenoxy) is 1. The fourth-order valence-electron chi connectivity index (χ4n) is 2.34. The van der Waals surface area contributed by atoms with E-state index in [1.165, 1.54) is 25.3 Å². The summed E-state index contributed by atoms with van der Waals surface area (Å²) in [4.78, 5) is 22.7. The smallest absolute Gasteiger partial charge is 0.282 e. The molecule has 0 radical (unpaired) electrons. The fraction of sp³-hybridized carbons (Fsp3) is 0.235. The van der Waals surface area contributed by atoms with E-state index in [1.54, 1.807) is 12.1 Å². The molecule has 0 heterocycles. The van der Waals surface area contributed by atoms with Gasteiger partial charge in [0.15, 0.2) is 0 Å². The van der Waals surface area contributed by atoms with E-state index in [9.17, 15) is 20.0 Å². The van der Waals surface area contributed by atoms with Gasteiger partial charge >= 0.3 is 0 Å². The highest BCUT2D eigenvalue weighted by molar-refractivity contribution is 5.98. The van der Waals surface area contributed by atoms with Crippen molar-refractivity contribution >= 4 is 11.6 Å². The van der Waals surface area contributed by atoms with Gasteiger partial charge in [-0.3, -0.25) is 14.9 Å². The lowest BCUT2D eigenvalue weighted by molar-refractivity contribution is -0.385. The molecule has 0 saturated heterocycles. The summed E-state index contributed by atoms with van der Waals surface area (Å²) in [6, 6.07) is 11.2. The number of nitro groups is 1. The maximum absolute atomic E-state index is 12.3. The molecule has 1 atom stereocenters. The third kappa shape index (κ3) is 3.88. The highest BCUT2D eigenvalue weighted by Crippen LogP contribution is 2.24. The van der Waals surface area contributed by atoms with Gasteiger partial charge in [0, 0.05) is 12.6 Å². The summed E-state index contributed by atoms with van der Waals surface area (Å²) in [6.07, 6.45) is -0.903. The van der Waals surface area contributed by atoms with Gasteiger partial charge in [0.25, 0.3) is 11.6 Å². The first kappa shape index (κ1) is 17.4. The van der Waals surface area contributed by atoms with E-state index in [0.717, 1.165) is 5.56 Å². The summed E-state index contributed by atoms with van der Waals surface area (Å²) in [7, 11) is 1.41. The van der Waals surface area contributed by atoms with Crippen LogP contribution in [0.1, 0.15) is 27.6 Å². The molecule has 0 aliphatic carbocycles. The quantitative estimate of drug-likeness (QED) is 0.625. The van der Waals surface area contributed by atoms with Crippen LogP contribution in [0.4, 0.5) is 5.69 Å². The Morgan fingerprint density at radius 2 is 2.04 bits per heavy atom. The van der Waals surface area contributed by atoms with Crippen molar-refractivity contribution in [3.05, 3.63) is 69.3 Å². The van der Waals surface area contributed by atoms with E-state index >= 15 is 0 Å². The number of amides is 1. The Labute approximate surface area is 139 Å². The van der Waals surface area contributed by atoms with Crippen molar-refractivity contribution in [1.82, 2.24) is 5.32 Å². The van der Waals surface area contributed by atoms with Crippen molar-refractivity contribution < 1.29 is 19.6 Å². The van der Waals surface area contributed by atoms with E-state index in [0.29, 0.717) is 11.3 Å². The van der Waals surface area contributed by atoms with Crippen LogP contribution in [0.5, 0.6) is 5.75 Å². The first-order valence-electron chi connectivity index (χ1n) is 7.28. The molecule has 2 aromatic rings. The normalized spacial score (nSPS) is 11.6. The molecule has 2 N–H and O–H groups in total. The summed E-state index contributed by atoms with van der Waals surface area (Å²) in [5.74, 6) is -0.307. The number of nitrogens with one attached hydrogen (secondary N) is 1. The second kappa shape index (κ2) is 7.56. The molecule has 0 saturated carbocycles. The lowest BCUT2D eigenvalue weighted by atomic mass is 10.0. The molecule has 0 bridgehead atoms. The Hall–Kier alpha value is -2.93. The molecular weight excluding hydrogens is 312 g/mol. The van der Waals surface area contributed by atoms with E-state index < -0.39 is 16.9 Å². The number of hydrogen-bond acceptors (Lipinski definition) is 5. The maximum atomic E-state index is 12.3. The second-order valence-electron chi connectivity index (χ2n) is 5.22. The average Bonchev–Trinajstić information content (AvgIpc) is 2.59. The number of aliphatic hydroxyl groups is 1. The zero-order chi connectivity index (χ0) is 17.7. The van der Waals surface area contributed by atoms with Crippen LogP contribution in [0, 0.1) is 17.0 Å². The molecule has 2 rings (SSSR count). The van der Waals surface area contributed by atoms with E-state index in [2.05, 4.69) is 5.32 Å². The van der Waals surface area contributed by atoms with E-state index in [-0.39, 0.29) is 17.8 Å². The molecule has 1 unspecified atom stereocenters. The van der Waals surface area contributed by atoms with E-state index in [1.807, 2.05) is 19.1 Å². The molecule has 0 aromatic heterocycles. The molecule has 0 spiro atoms. The molecule has 24 heavy (non-hydrogen) atoms. The molecule has 7 nitrogen and oxygen atoms in total. The topological polar surface area (TPSA) is 102 Å². The zero-order valence-corrected chi connectivity index (χ0v) is 13.4. The number of rotatable bonds is 6. The molecule has 0 aliphatic rings. The van der Waals surface area contributed by atoms with Crippen LogP contribution in [0.25, 0.3) is 0 Å². The van der Waals surface area contributed by atoms with Gasteiger partial charge in [-0.15, -0.1) is 0 Å². The van der Waals surface area contributed by atoms with Crippen LogP contribution in [0.15, 0.2) is 42.5 Å². The van der Waals surface area contributed by atoms with Crippen LogP contribution in [-0.4, -0.2) is 29.6 Å². The van der Waals surface area contributed by atoms with Gasteiger partial charge in [0.2, 0.25) is 0 Å². The lowest BCUT2D eigenvalue weighted by Gasteiger charge is -2.14. The van der Waals surface area contributed by atoms with Crippen molar-refractivity contribution in [2.45, 2.75) is 13.0 Å². The average molecular weight is 330 g/mol. The summed E-state index contributed by atoms with van der Waals surface area (Å²) in [5.41, 5.74) is 1.15. The third-order valence-electron chi connectivity index (χ3n) is 3.65. The van der Waals surface area contributed by atoms with Gasteiger partial charge in [-0.1, -0.05) is 24.3 Å². The van der Waals surface area contributed by atoms with Crippen LogP contribution in [0.3, 0.4) is 0 Å². The Kier molecular flexibility index (Phi) is 5.49. The summed E-state index contributed by atoms with van der Waals surface area (Å²) < 4.78 is 5.00. The van der Waals surface area contributed by atoms with E-state index in [4.69, 9.17) is 4.74 Å². The van der Waals surface area contributed by atoms with Crippen molar-refractivity contribution in [1.29, 1.82) is 0 Å². The number of nitro benzene ring substituents is 1. The molecular formula is C17H18N2O5. The minimum atomic E-state index is -0.903. The molecule has 0 aliphatic heterocycles.